The molecular formula is C16H15F2NO. The number of ether oxygens (including phenoxy) is 1. The van der Waals surface area contributed by atoms with Gasteiger partial charge in [-0.2, -0.15) is 0 Å². The van der Waals surface area contributed by atoms with Crippen LogP contribution in [-0.4, -0.2) is 0 Å². The zero-order chi connectivity index (χ0) is 14.3. The first-order chi connectivity index (χ1) is 9.54. The van der Waals surface area contributed by atoms with E-state index < -0.39 is 0 Å². The second kappa shape index (κ2) is 4.87. The van der Waals surface area contributed by atoms with Crippen LogP contribution in [0.4, 0.5) is 8.78 Å². The zero-order valence-electron chi connectivity index (χ0n) is 11.1. The van der Waals surface area contributed by atoms with E-state index in [4.69, 9.17) is 10.5 Å². The van der Waals surface area contributed by atoms with E-state index in [1.54, 1.807) is 25.1 Å². The Morgan fingerprint density at radius 3 is 2.70 bits per heavy atom. The average molecular weight is 275 g/mol. The fourth-order valence-corrected chi connectivity index (χ4v) is 2.55. The van der Waals surface area contributed by atoms with Crippen LogP contribution in [0.15, 0.2) is 36.4 Å². The number of aryl methyl sites for hydroxylation is 1. The van der Waals surface area contributed by atoms with Gasteiger partial charge < -0.3 is 10.5 Å². The minimum Gasteiger partial charge on any atom is -0.485 e. The molecule has 0 fully saturated rings. The summed E-state index contributed by atoms with van der Waals surface area (Å²) >= 11 is 0. The van der Waals surface area contributed by atoms with E-state index in [-0.39, 0.29) is 23.8 Å². The highest BCUT2D eigenvalue weighted by Crippen LogP contribution is 2.40. The number of halogens is 2. The van der Waals surface area contributed by atoms with Crippen molar-refractivity contribution < 1.29 is 13.5 Å². The molecule has 20 heavy (non-hydrogen) atoms. The summed E-state index contributed by atoms with van der Waals surface area (Å²) in [5.41, 5.74) is 8.23. The van der Waals surface area contributed by atoms with Gasteiger partial charge in [0.2, 0.25) is 0 Å². The zero-order valence-corrected chi connectivity index (χ0v) is 11.1. The Kier molecular flexibility index (Phi) is 3.18. The first-order valence-corrected chi connectivity index (χ1v) is 6.52. The van der Waals surface area contributed by atoms with Gasteiger partial charge in [-0.05, 0) is 48.4 Å². The molecule has 0 aliphatic carbocycles. The monoisotopic (exact) mass is 275 g/mol. The summed E-state index contributed by atoms with van der Waals surface area (Å²) < 4.78 is 32.4. The van der Waals surface area contributed by atoms with Crippen LogP contribution in [0, 0.1) is 18.6 Å². The molecule has 0 spiro atoms. The predicted molar refractivity (Wildman–Crippen MR) is 72.5 cm³/mol. The van der Waals surface area contributed by atoms with E-state index >= 15 is 0 Å². The molecule has 2 nitrogen and oxygen atoms in total. The molecule has 104 valence electrons. The van der Waals surface area contributed by atoms with E-state index in [1.165, 1.54) is 18.2 Å². The van der Waals surface area contributed by atoms with E-state index in [1.807, 2.05) is 0 Å². The van der Waals surface area contributed by atoms with Gasteiger partial charge in [0.05, 0.1) is 0 Å². The van der Waals surface area contributed by atoms with E-state index in [9.17, 15) is 8.78 Å². The van der Waals surface area contributed by atoms with E-state index in [0.717, 1.165) is 5.56 Å². The quantitative estimate of drug-likeness (QED) is 0.859. The Hall–Kier alpha value is -1.94. The number of fused-ring (bicyclic) bond motifs is 1. The first kappa shape index (κ1) is 13.1. The first-order valence-electron chi connectivity index (χ1n) is 6.52. The molecule has 0 bridgehead atoms. The molecule has 2 aromatic rings. The molecule has 0 saturated heterocycles. The third-order valence-corrected chi connectivity index (χ3v) is 3.66. The maximum Gasteiger partial charge on any atom is 0.126 e. The topological polar surface area (TPSA) is 35.2 Å². The van der Waals surface area contributed by atoms with Crippen molar-refractivity contribution in [1.29, 1.82) is 0 Å². The van der Waals surface area contributed by atoms with Gasteiger partial charge in [0, 0.05) is 18.0 Å². The minimum absolute atomic E-state index is 0.234. The largest absolute Gasteiger partial charge is 0.485 e. The van der Waals surface area contributed by atoms with Crippen molar-refractivity contribution in [1.82, 2.24) is 0 Å². The van der Waals surface area contributed by atoms with Crippen LogP contribution in [0.5, 0.6) is 5.75 Å². The summed E-state index contributed by atoms with van der Waals surface area (Å²) in [6, 6.07) is 8.96. The summed E-state index contributed by atoms with van der Waals surface area (Å²) in [4.78, 5) is 0. The highest BCUT2D eigenvalue weighted by atomic mass is 19.1. The number of hydrogen-bond donors (Lipinski definition) is 1. The van der Waals surface area contributed by atoms with Crippen LogP contribution in [0.3, 0.4) is 0 Å². The molecule has 1 unspecified atom stereocenters. The molecule has 2 N–H and O–H groups in total. The highest BCUT2D eigenvalue weighted by molar-refractivity contribution is 5.40. The molecule has 0 radical (unpaired) electrons. The second-order valence-electron chi connectivity index (χ2n) is 5.14. The smallest absolute Gasteiger partial charge is 0.126 e. The Bertz CT molecular complexity index is 657. The number of nitrogens with two attached hydrogens (primary N) is 1. The Morgan fingerprint density at radius 2 is 1.95 bits per heavy atom. The van der Waals surface area contributed by atoms with Gasteiger partial charge in [-0.15, -0.1) is 0 Å². The lowest BCUT2D eigenvalue weighted by Crippen LogP contribution is -2.24. The maximum atomic E-state index is 13.3. The molecule has 0 amide bonds. The van der Waals surface area contributed by atoms with Crippen molar-refractivity contribution in [3.8, 4) is 5.75 Å². The summed E-state index contributed by atoms with van der Waals surface area (Å²) in [5, 5.41) is 0. The number of hydrogen-bond acceptors (Lipinski definition) is 2. The lowest BCUT2D eigenvalue weighted by Gasteiger charge is -2.30. The molecule has 1 heterocycles. The van der Waals surface area contributed by atoms with Crippen LogP contribution >= 0.6 is 0 Å². The average Bonchev–Trinajstić information content (AvgIpc) is 2.42. The fraction of sp³-hybridized carbons (Fsp3) is 0.250. The fourth-order valence-electron chi connectivity index (χ4n) is 2.55. The third-order valence-electron chi connectivity index (χ3n) is 3.66. The van der Waals surface area contributed by atoms with E-state index in [0.29, 0.717) is 23.3 Å². The molecule has 0 saturated carbocycles. The lowest BCUT2D eigenvalue weighted by atomic mass is 9.93. The highest BCUT2D eigenvalue weighted by Gasteiger charge is 2.27. The van der Waals surface area contributed by atoms with Crippen LogP contribution in [0.1, 0.15) is 35.3 Å². The SMILES string of the molecule is Cc1cc(C2C[C@H](N)c3cc(F)ccc3O2)ccc1F. The third kappa shape index (κ3) is 2.27. The standard InChI is InChI=1S/C16H15F2NO/c1-9-6-10(2-4-13(9)18)16-8-14(19)12-7-11(17)3-5-15(12)20-16/h2-7,14,16H,8,19H2,1H3/t14-,16?/m0/s1. The predicted octanol–water partition coefficient (Wildman–Crippen LogP) is 3.80. The summed E-state index contributed by atoms with van der Waals surface area (Å²) in [6.07, 6.45) is 0.309. The Balaban J connectivity index is 1.94. The molecule has 2 aromatic carbocycles. The Morgan fingerprint density at radius 1 is 1.15 bits per heavy atom. The van der Waals surface area contributed by atoms with Gasteiger partial charge in [0.15, 0.2) is 0 Å². The number of benzene rings is 2. The van der Waals surface area contributed by atoms with Crippen molar-refractivity contribution in [2.75, 3.05) is 0 Å². The lowest BCUT2D eigenvalue weighted by molar-refractivity contribution is 0.161. The van der Waals surface area contributed by atoms with Crippen molar-refractivity contribution in [3.05, 3.63) is 64.7 Å². The van der Waals surface area contributed by atoms with E-state index in [2.05, 4.69) is 0 Å². The van der Waals surface area contributed by atoms with Crippen molar-refractivity contribution in [3.63, 3.8) is 0 Å². The summed E-state index contributed by atoms with van der Waals surface area (Å²) in [6.45, 7) is 1.71. The van der Waals surface area contributed by atoms with Crippen LogP contribution in [0.25, 0.3) is 0 Å². The Labute approximate surface area is 116 Å². The number of rotatable bonds is 1. The molecule has 2 atom stereocenters. The van der Waals surface area contributed by atoms with Gasteiger partial charge in [-0.1, -0.05) is 6.07 Å². The normalized spacial score (nSPS) is 21.2. The maximum absolute atomic E-state index is 13.3. The summed E-state index contributed by atoms with van der Waals surface area (Å²) in [7, 11) is 0. The van der Waals surface area contributed by atoms with Crippen molar-refractivity contribution in [2.45, 2.75) is 25.5 Å². The second-order valence-corrected chi connectivity index (χ2v) is 5.14. The molecule has 3 rings (SSSR count). The molecule has 0 aromatic heterocycles. The van der Waals surface area contributed by atoms with Crippen molar-refractivity contribution >= 4 is 0 Å². The summed E-state index contributed by atoms with van der Waals surface area (Å²) in [5.74, 6) is 0.0346. The van der Waals surface area contributed by atoms with Gasteiger partial charge in [0.25, 0.3) is 0 Å². The van der Waals surface area contributed by atoms with Gasteiger partial charge in [-0.25, -0.2) is 8.78 Å². The van der Waals surface area contributed by atoms with Gasteiger partial charge >= 0.3 is 0 Å². The molecular weight excluding hydrogens is 260 g/mol. The van der Waals surface area contributed by atoms with Crippen molar-refractivity contribution in [2.24, 2.45) is 5.73 Å². The van der Waals surface area contributed by atoms with Crippen LogP contribution in [0.2, 0.25) is 0 Å². The van der Waals surface area contributed by atoms with Crippen LogP contribution < -0.4 is 10.5 Å². The molecule has 1 aliphatic heterocycles. The van der Waals surface area contributed by atoms with Gasteiger partial charge in [-0.3, -0.25) is 0 Å². The minimum atomic E-state index is -0.320. The molecule has 1 aliphatic rings. The van der Waals surface area contributed by atoms with Gasteiger partial charge in [0.1, 0.15) is 23.5 Å². The molecule has 4 heteroatoms. The van der Waals surface area contributed by atoms with Crippen LogP contribution in [-0.2, 0) is 0 Å².